The van der Waals surface area contributed by atoms with Crippen LogP contribution in [0.3, 0.4) is 0 Å². The summed E-state index contributed by atoms with van der Waals surface area (Å²) in [4.78, 5) is 38.3. The third kappa shape index (κ3) is 2.94. The number of amides is 1. The van der Waals surface area contributed by atoms with Gasteiger partial charge in [0.15, 0.2) is 11.4 Å². The molecule has 0 bridgehead atoms. The second kappa shape index (κ2) is 6.89. The lowest BCUT2D eigenvalue weighted by Crippen LogP contribution is -2.58. The number of fused-ring (bicyclic) bond motifs is 3. The number of halogens is 1. The number of hydrogen-bond acceptors (Lipinski definition) is 8. The van der Waals surface area contributed by atoms with Crippen LogP contribution in [0.15, 0.2) is 29.0 Å². The minimum Gasteiger partial charge on any atom is -0.508 e. The minimum absolute atomic E-state index is 0.0245. The van der Waals surface area contributed by atoms with Crippen molar-refractivity contribution in [1.82, 2.24) is 10.4 Å². The summed E-state index contributed by atoms with van der Waals surface area (Å²) >= 11 is 0. The van der Waals surface area contributed by atoms with Crippen molar-refractivity contribution in [1.29, 1.82) is 0 Å². The predicted molar refractivity (Wildman–Crippen MR) is 104 cm³/mol. The van der Waals surface area contributed by atoms with Crippen molar-refractivity contribution in [3.05, 3.63) is 46.0 Å². The van der Waals surface area contributed by atoms with E-state index in [0.717, 1.165) is 12.1 Å². The number of carbonyl (C=O) groups is 3. The van der Waals surface area contributed by atoms with Gasteiger partial charge in [-0.2, -0.15) is 0 Å². The van der Waals surface area contributed by atoms with E-state index in [2.05, 4.69) is 5.43 Å². The Balaban J connectivity index is 1.87. The highest BCUT2D eigenvalue weighted by atomic mass is 19.1. The lowest BCUT2D eigenvalue weighted by atomic mass is 9.59. The molecule has 3 atom stereocenters. The quantitative estimate of drug-likeness (QED) is 0.338. The van der Waals surface area contributed by atoms with Crippen LogP contribution >= 0.6 is 0 Å². The summed E-state index contributed by atoms with van der Waals surface area (Å²) in [5, 5.41) is 44.0. The molecule has 31 heavy (non-hydrogen) atoms. The Bertz CT molecular complexity index is 1110. The molecule has 9 nitrogen and oxygen atoms in total. The van der Waals surface area contributed by atoms with Crippen molar-refractivity contribution >= 4 is 23.2 Å². The van der Waals surface area contributed by atoms with E-state index in [9.17, 15) is 39.2 Å². The summed E-state index contributed by atoms with van der Waals surface area (Å²) in [5.41, 5.74) is -1.08. The number of benzene rings is 1. The predicted octanol–water partition coefficient (Wildman–Crippen LogP) is 0.670. The van der Waals surface area contributed by atoms with E-state index in [1.807, 2.05) is 0 Å². The summed E-state index contributed by atoms with van der Waals surface area (Å²) < 4.78 is 13.7. The maximum atomic E-state index is 13.7. The molecule has 0 aromatic heterocycles. The van der Waals surface area contributed by atoms with Gasteiger partial charge in [-0.25, -0.2) is 9.40 Å². The topological polar surface area (TPSA) is 147 Å². The number of hydrazine groups is 1. The van der Waals surface area contributed by atoms with Gasteiger partial charge in [-0.15, -0.1) is 0 Å². The van der Waals surface area contributed by atoms with Crippen LogP contribution in [-0.4, -0.2) is 62.6 Å². The number of aromatic hydroxyl groups is 1. The van der Waals surface area contributed by atoms with E-state index in [0.29, 0.717) is 0 Å². The number of ketones is 2. The van der Waals surface area contributed by atoms with E-state index in [1.165, 1.54) is 19.1 Å². The molecule has 0 aliphatic heterocycles. The van der Waals surface area contributed by atoms with Gasteiger partial charge < -0.3 is 20.4 Å². The average molecular weight is 432 g/mol. The summed E-state index contributed by atoms with van der Waals surface area (Å²) in [6.07, 6.45) is -0.254. The Morgan fingerprint density at radius 2 is 1.87 bits per heavy atom. The van der Waals surface area contributed by atoms with E-state index in [1.54, 1.807) is 0 Å². The van der Waals surface area contributed by atoms with Crippen LogP contribution < -0.4 is 5.43 Å². The maximum Gasteiger partial charge on any atom is 0.272 e. The van der Waals surface area contributed by atoms with Crippen LogP contribution in [0.25, 0.3) is 5.76 Å². The zero-order valence-electron chi connectivity index (χ0n) is 16.8. The molecule has 4 rings (SSSR count). The van der Waals surface area contributed by atoms with Crippen molar-refractivity contribution in [3.8, 4) is 5.75 Å². The highest BCUT2D eigenvalue weighted by Crippen LogP contribution is 2.51. The molecule has 10 heteroatoms. The van der Waals surface area contributed by atoms with Crippen LogP contribution in [0.1, 0.15) is 24.0 Å². The molecule has 1 aromatic carbocycles. The minimum atomic E-state index is -2.58. The highest BCUT2D eigenvalue weighted by Gasteiger charge is 2.60. The molecule has 5 N–H and O–H groups in total. The Hall–Kier alpha value is -3.24. The number of phenols is 1. The SMILES string of the molecule is CN(C)NC(=O)C1=C(O)C2(O)C(=O)C3=C(O)c4c(O)cc(F)cc4CC3CC2CC1=O. The van der Waals surface area contributed by atoms with Gasteiger partial charge in [-0.05, 0) is 30.4 Å². The van der Waals surface area contributed by atoms with Gasteiger partial charge >= 0.3 is 0 Å². The number of aliphatic hydroxyl groups excluding tert-OH is 2. The first-order valence-electron chi connectivity index (χ1n) is 9.64. The Labute approximate surface area is 176 Å². The van der Waals surface area contributed by atoms with Crippen molar-refractivity contribution in [3.63, 3.8) is 0 Å². The Morgan fingerprint density at radius 3 is 2.52 bits per heavy atom. The van der Waals surface area contributed by atoms with Crippen molar-refractivity contribution in [2.75, 3.05) is 14.1 Å². The molecule has 1 fully saturated rings. The molecule has 1 aromatic rings. The number of Topliss-reactive ketones (excluding diaryl/α,β-unsaturated/α-hetero) is 2. The number of rotatable bonds is 2. The number of nitrogens with zero attached hydrogens (tertiary/aromatic N) is 1. The fraction of sp³-hybridized carbons (Fsp3) is 0.381. The second-order valence-electron chi connectivity index (χ2n) is 8.34. The molecule has 164 valence electrons. The number of nitrogens with one attached hydrogen (secondary N) is 1. The van der Waals surface area contributed by atoms with Crippen LogP contribution in [-0.2, 0) is 20.8 Å². The molecule has 3 aliphatic rings. The highest BCUT2D eigenvalue weighted by molar-refractivity contribution is 6.23. The van der Waals surface area contributed by atoms with E-state index < -0.39 is 63.6 Å². The zero-order chi connectivity index (χ0) is 22.8. The molecule has 0 radical (unpaired) electrons. The third-order valence-corrected chi connectivity index (χ3v) is 6.14. The average Bonchev–Trinajstić information content (AvgIpc) is 2.63. The van der Waals surface area contributed by atoms with Crippen molar-refractivity contribution < 1.29 is 39.2 Å². The van der Waals surface area contributed by atoms with Gasteiger partial charge in [0.05, 0.1) is 5.56 Å². The van der Waals surface area contributed by atoms with Crippen LogP contribution in [0.4, 0.5) is 4.39 Å². The number of carbonyl (C=O) groups excluding carboxylic acids is 3. The van der Waals surface area contributed by atoms with E-state index >= 15 is 0 Å². The van der Waals surface area contributed by atoms with Gasteiger partial charge in [-0.3, -0.25) is 19.8 Å². The molecule has 3 aliphatic carbocycles. The third-order valence-electron chi connectivity index (χ3n) is 6.14. The molecule has 1 saturated carbocycles. The fourth-order valence-corrected chi connectivity index (χ4v) is 4.85. The maximum absolute atomic E-state index is 13.7. The normalized spacial score (nSPS) is 27.8. The first kappa shape index (κ1) is 21.0. The van der Waals surface area contributed by atoms with Crippen LogP contribution in [0.5, 0.6) is 5.75 Å². The first-order chi connectivity index (χ1) is 14.5. The molecule has 0 spiro atoms. The van der Waals surface area contributed by atoms with Gasteiger partial charge in [0.2, 0.25) is 5.78 Å². The smallest absolute Gasteiger partial charge is 0.272 e. The summed E-state index contributed by atoms with van der Waals surface area (Å²) in [6, 6.07) is 1.93. The standard InChI is InChI=1S/C21H21FN2O7/c1-24(2)23-20(30)16-12(25)6-10-4-8-3-9-5-11(22)7-13(26)14(9)17(27)15(8)18(28)21(10,31)19(16)29/h5,7-8,10,26-27,29,31H,3-4,6H2,1-2H3,(H,23,30). The number of aliphatic hydroxyl groups is 3. The Kier molecular flexibility index (Phi) is 4.67. The van der Waals surface area contributed by atoms with Gasteiger partial charge in [0.1, 0.15) is 28.7 Å². The van der Waals surface area contributed by atoms with Gasteiger partial charge in [0, 0.05) is 38.1 Å². The lowest BCUT2D eigenvalue weighted by Gasteiger charge is -2.46. The molecule has 1 amide bonds. The molecule has 0 saturated heterocycles. The van der Waals surface area contributed by atoms with Crippen LogP contribution in [0.2, 0.25) is 0 Å². The number of phenolic OH excluding ortho intramolecular Hbond substituents is 1. The second-order valence-corrected chi connectivity index (χ2v) is 8.34. The molecule has 0 heterocycles. The van der Waals surface area contributed by atoms with Crippen molar-refractivity contribution in [2.24, 2.45) is 11.8 Å². The van der Waals surface area contributed by atoms with Crippen molar-refractivity contribution in [2.45, 2.75) is 24.9 Å². The van der Waals surface area contributed by atoms with Gasteiger partial charge in [-0.1, -0.05) is 0 Å². The largest absolute Gasteiger partial charge is 0.508 e. The molecular weight excluding hydrogens is 411 g/mol. The molecule has 3 unspecified atom stereocenters. The van der Waals surface area contributed by atoms with Gasteiger partial charge in [0.25, 0.3) is 5.91 Å². The Morgan fingerprint density at radius 1 is 1.19 bits per heavy atom. The fourth-order valence-electron chi connectivity index (χ4n) is 4.85. The summed E-state index contributed by atoms with van der Waals surface area (Å²) in [7, 11) is 2.96. The van der Waals surface area contributed by atoms with Crippen LogP contribution in [0, 0.1) is 17.7 Å². The monoisotopic (exact) mass is 432 g/mol. The van der Waals surface area contributed by atoms with E-state index in [4.69, 9.17) is 0 Å². The zero-order valence-corrected chi connectivity index (χ0v) is 16.8. The lowest BCUT2D eigenvalue weighted by molar-refractivity contribution is -0.147. The number of hydrogen-bond donors (Lipinski definition) is 5. The summed E-state index contributed by atoms with van der Waals surface area (Å²) in [6.45, 7) is 0. The summed E-state index contributed by atoms with van der Waals surface area (Å²) in [5.74, 6) is -7.42. The first-order valence-corrected chi connectivity index (χ1v) is 9.64. The molecular formula is C21H21FN2O7. The van der Waals surface area contributed by atoms with E-state index in [-0.39, 0.29) is 36.0 Å².